The Labute approximate surface area is 124 Å². The standard InChI is InChI=1S/C15H22N4O2/c1-17(2)5-6-18-8-12-9-19(10-13(12)15(18)21)14(20)11-3-4-16-7-11/h3-4,7,12-13,16H,5-6,8-10H2,1-2H3. The van der Waals surface area contributed by atoms with Crippen LogP contribution in [0.5, 0.6) is 0 Å². The fourth-order valence-electron chi connectivity index (χ4n) is 3.27. The van der Waals surface area contributed by atoms with Crippen molar-refractivity contribution in [1.29, 1.82) is 0 Å². The topological polar surface area (TPSA) is 59.6 Å². The van der Waals surface area contributed by atoms with Gasteiger partial charge in [-0.2, -0.15) is 0 Å². The van der Waals surface area contributed by atoms with Gasteiger partial charge in [-0.25, -0.2) is 0 Å². The van der Waals surface area contributed by atoms with E-state index in [0.717, 1.165) is 19.6 Å². The number of nitrogens with one attached hydrogen (secondary N) is 1. The zero-order valence-corrected chi connectivity index (χ0v) is 12.6. The van der Waals surface area contributed by atoms with Gasteiger partial charge in [0.15, 0.2) is 0 Å². The molecule has 6 nitrogen and oxygen atoms in total. The molecule has 2 amide bonds. The molecule has 0 saturated carbocycles. The lowest BCUT2D eigenvalue weighted by Crippen LogP contribution is -2.38. The van der Waals surface area contributed by atoms with E-state index in [1.807, 2.05) is 23.9 Å². The number of likely N-dealkylation sites (tertiary alicyclic amines) is 2. The number of carbonyl (C=O) groups excluding carboxylic acids is 2. The molecular weight excluding hydrogens is 268 g/mol. The third-order valence-corrected chi connectivity index (χ3v) is 4.47. The summed E-state index contributed by atoms with van der Waals surface area (Å²) in [5.74, 6) is 0.530. The van der Waals surface area contributed by atoms with Crippen LogP contribution in [0.25, 0.3) is 0 Å². The fourth-order valence-corrected chi connectivity index (χ4v) is 3.27. The number of aromatic nitrogens is 1. The number of hydrogen-bond acceptors (Lipinski definition) is 3. The monoisotopic (exact) mass is 290 g/mol. The van der Waals surface area contributed by atoms with Crippen LogP contribution in [-0.4, -0.2) is 78.3 Å². The Balaban J connectivity index is 1.60. The molecule has 3 rings (SSSR count). The summed E-state index contributed by atoms with van der Waals surface area (Å²) in [5.41, 5.74) is 0.673. The Morgan fingerprint density at radius 2 is 2.19 bits per heavy atom. The highest BCUT2D eigenvalue weighted by atomic mass is 16.2. The molecule has 0 spiro atoms. The minimum Gasteiger partial charge on any atom is -0.367 e. The Morgan fingerprint density at radius 1 is 1.38 bits per heavy atom. The van der Waals surface area contributed by atoms with Gasteiger partial charge in [-0.3, -0.25) is 9.59 Å². The second-order valence-corrected chi connectivity index (χ2v) is 6.26. The van der Waals surface area contributed by atoms with Crippen LogP contribution in [0.2, 0.25) is 0 Å². The summed E-state index contributed by atoms with van der Waals surface area (Å²) in [6, 6.07) is 1.78. The quantitative estimate of drug-likeness (QED) is 0.856. The zero-order chi connectivity index (χ0) is 15.0. The SMILES string of the molecule is CN(C)CCN1CC2CN(C(=O)c3cc[nH]c3)CC2C1=O. The first-order valence-corrected chi connectivity index (χ1v) is 7.42. The number of amides is 2. The lowest BCUT2D eigenvalue weighted by Gasteiger charge is -2.23. The molecule has 2 fully saturated rings. The highest BCUT2D eigenvalue weighted by Gasteiger charge is 2.47. The Morgan fingerprint density at radius 3 is 2.81 bits per heavy atom. The Kier molecular flexibility index (Phi) is 3.71. The smallest absolute Gasteiger partial charge is 0.255 e. The van der Waals surface area contributed by atoms with E-state index in [2.05, 4.69) is 9.88 Å². The first-order chi connectivity index (χ1) is 10.1. The van der Waals surface area contributed by atoms with Crippen molar-refractivity contribution in [2.75, 3.05) is 46.8 Å². The van der Waals surface area contributed by atoms with Gasteiger partial charge in [-0.05, 0) is 20.2 Å². The van der Waals surface area contributed by atoms with Crippen molar-refractivity contribution in [2.45, 2.75) is 0 Å². The molecule has 2 atom stereocenters. The molecule has 0 aliphatic carbocycles. The molecule has 0 radical (unpaired) electrons. The number of H-pyrrole nitrogens is 1. The van der Waals surface area contributed by atoms with Crippen LogP contribution < -0.4 is 0 Å². The van der Waals surface area contributed by atoms with Gasteiger partial charge >= 0.3 is 0 Å². The number of likely N-dealkylation sites (N-methyl/N-ethyl adjacent to an activating group) is 1. The molecule has 3 heterocycles. The van der Waals surface area contributed by atoms with Crippen molar-refractivity contribution in [2.24, 2.45) is 11.8 Å². The minimum absolute atomic E-state index is 0.00458. The first kappa shape index (κ1) is 14.1. The van der Waals surface area contributed by atoms with Crippen LogP contribution >= 0.6 is 0 Å². The largest absolute Gasteiger partial charge is 0.367 e. The normalized spacial score (nSPS) is 25.0. The van der Waals surface area contributed by atoms with Crippen LogP contribution in [-0.2, 0) is 4.79 Å². The van der Waals surface area contributed by atoms with Crippen LogP contribution in [0.15, 0.2) is 18.5 Å². The second-order valence-electron chi connectivity index (χ2n) is 6.26. The summed E-state index contributed by atoms with van der Waals surface area (Å²) in [7, 11) is 4.03. The van der Waals surface area contributed by atoms with E-state index < -0.39 is 0 Å². The third kappa shape index (κ3) is 2.68. The summed E-state index contributed by atoms with van der Waals surface area (Å²) in [6.45, 7) is 3.71. The van der Waals surface area contributed by atoms with Crippen LogP contribution in [0.1, 0.15) is 10.4 Å². The first-order valence-electron chi connectivity index (χ1n) is 7.42. The van der Waals surface area contributed by atoms with Gasteiger partial charge in [0.2, 0.25) is 5.91 Å². The number of hydrogen-bond donors (Lipinski definition) is 1. The second kappa shape index (κ2) is 5.52. The van der Waals surface area contributed by atoms with Gasteiger partial charge in [0.1, 0.15) is 0 Å². The molecule has 6 heteroatoms. The molecular formula is C15H22N4O2. The fraction of sp³-hybridized carbons (Fsp3) is 0.600. The highest BCUT2D eigenvalue weighted by Crippen LogP contribution is 2.32. The highest BCUT2D eigenvalue weighted by molar-refractivity contribution is 5.95. The van der Waals surface area contributed by atoms with E-state index in [0.29, 0.717) is 24.6 Å². The molecule has 2 saturated heterocycles. The lowest BCUT2D eigenvalue weighted by atomic mass is 10.0. The molecule has 114 valence electrons. The molecule has 1 aromatic rings. The maximum Gasteiger partial charge on any atom is 0.255 e. The Bertz CT molecular complexity index is 526. The molecule has 1 aromatic heterocycles. The Hall–Kier alpha value is -1.82. The van der Waals surface area contributed by atoms with Crippen molar-refractivity contribution in [3.05, 3.63) is 24.0 Å². The predicted octanol–water partition coefficient (Wildman–Crippen LogP) is 0.107. The summed E-state index contributed by atoms with van der Waals surface area (Å²) in [5, 5.41) is 0. The van der Waals surface area contributed by atoms with Crippen molar-refractivity contribution in [3.63, 3.8) is 0 Å². The summed E-state index contributed by atoms with van der Waals surface area (Å²) in [6.07, 6.45) is 3.46. The van der Waals surface area contributed by atoms with E-state index in [1.54, 1.807) is 18.5 Å². The molecule has 2 unspecified atom stereocenters. The van der Waals surface area contributed by atoms with Gasteiger partial charge < -0.3 is 19.7 Å². The van der Waals surface area contributed by atoms with E-state index in [-0.39, 0.29) is 17.7 Å². The van der Waals surface area contributed by atoms with Gasteiger partial charge in [0, 0.05) is 51.0 Å². The lowest BCUT2D eigenvalue weighted by molar-refractivity contribution is -0.131. The third-order valence-electron chi connectivity index (χ3n) is 4.47. The number of carbonyl (C=O) groups is 2. The van der Waals surface area contributed by atoms with Crippen molar-refractivity contribution in [1.82, 2.24) is 19.7 Å². The van der Waals surface area contributed by atoms with Crippen LogP contribution in [0.3, 0.4) is 0 Å². The molecule has 2 aliphatic rings. The maximum absolute atomic E-state index is 12.4. The van der Waals surface area contributed by atoms with E-state index in [9.17, 15) is 9.59 Å². The van der Waals surface area contributed by atoms with E-state index in [1.165, 1.54) is 0 Å². The van der Waals surface area contributed by atoms with E-state index in [4.69, 9.17) is 0 Å². The van der Waals surface area contributed by atoms with Gasteiger partial charge in [-0.1, -0.05) is 0 Å². The average Bonchev–Trinajstić information content (AvgIpc) is 3.14. The average molecular weight is 290 g/mol. The number of rotatable bonds is 4. The molecule has 1 N–H and O–H groups in total. The van der Waals surface area contributed by atoms with Gasteiger partial charge in [0.05, 0.1) is 11.5 Å². The van der Waals surface area contributed by atoms with Gasteiger partial charge in [0.25, 0.3) is 5.91 Å². The van der Waals surface area contributed by atoms with Crippen LogP contribution in [0, 0.1) is 11.8 Å². The van der Waals surface area contributed by atoms with Crippen molar-refractivity contribution in [3.8, 4) is 0 Å². The molecule has 21 heavy (non-hydrogen) atoms. The minimum atomic E-state index is -0.00458. The number of fused-ring (bicyclic) bond motifs is 1. The molecule has 0 bridgehead atoms. The van der Waals surface area contributed by atoms with Crippen molar-refractivity contribution >= 4 is 11.8 Å². The van der Waals surface area contributed by atoms with Crippen molar-refractivity contribution < 1.29 is 9.59 Å². The number of nitrogens with zero attached hydrogens (tertiary/aromatic N) is 3. The summed E-state index contributed by atoms with van der Waals surface area (Å²) in [4.78, 5) is 33.5. The maximum atomic E-state index is 12.4. The predicted molar refractivity (Wildman–Crippen MR) is 78.8 cm³/mol. The van der Waals surface area contributed by atoms with E-state index >= 15 is 0 Å². The van der Waals surface area contributed by atoms with Crippen LogP contribution in [0.4, 0.5) is 0 Å². The summed E-state index contributed by atoms with van der Waals surface area (Å²) < 4.78 is 0. The molecule has 0 aromatic carbocycles. The molecule has 2 aliphatic heterocycles. The summed E-state index contributed by atoms with van der Waals surface area (Å²) >= 11 is 0. The number of aromatic amines is 1. The van der Waals surface area contributed by atoms with Gasteiger partial charge in [-0.15, -0.1) is 0 Å². The zero-order valence-electron chi connectivity index (χ0n) is 12.6.